The number of methoxy groups -OCH3 is 3. The van der Waals surface area contributed by atoms with Crippen LogP contribution in [-0.4, -0.2) is 119 Å². The first-order valence-electron chi connectivity index (χ1n) is 18.2. The number of hydrogen-bond donors (Lipinski definition) is 7. The summed E-state index contributed by atoms with van der Waals surface area (Å²) in [6.07, 6.45) is 0.973. The van der Waals surface area contributed by atoms with E-state index in [9.17, 15) is 24.3 Å². The van der Waals surface area contributed by atoms with Crippen LogP contribution < -0.4 is 36.7 Å². The number of carbonyl (C=O) groups excluding carboxylic acids is 4. The van der Waals surface area contributed by atoms with Gasteiger partial charge in [0.1, 0.15) is 18.4 Å². The number of aryl methyl sites for hydroxylation is 1. The molecule has 0 radical (unpaired) electrons. The van der Waals surface area contributed by atoms with E-state index in [-0.39, 0.29) is 38.7 Å². The van der Waals surface area contributed by atoms with E-state index in [1.165, 1.54) is 14.2 Å². The second kappa shape index (κ2) is 24.8. The van der Waals surface area contributed by atoms with Crippen molar-refractivity contribution >= 4 is 23.9 Å². The van der Waals surface area contributed by atoms with Crippen molar-refractivity contribution in [2.45, 2.75) is 64.9 Å². The smallest absolute Gasteiger partial charge is 0.317 e. The standard InChI is InChI=1S/C38H61N7O9/c1-27(2)33(42-36(48)39-19-21-51-5)34(46)44-45(25-30-14-17-32(18-15-30)54-24-23-53-7)26-31(16-13-29-11-9-8-10-12-29)41-35(47)38(50,28(3)4)43-37(49)40-20-22-52-6/h8-12,14-15,17-18,27-28,31,33,50H,13,16,19-26H2,1-7H3,(H,41,47)(H,44,46)(H2,39,42,48)(H2,40,43,49)/t31-,33-,38+/m0/s1. The quantitative estimate of drug-likeness (QED) is 0.0446. The zero-order valence-electron chi connectivity index (χ0n) is 32.7. The van der Waals surface area contributed by atoms with Crippen molar-refractivity contribution in [2.75, 3.05) is 67.4 Å². The van der Waals surface area contributed by atoms with E-state index in [1.807, 2.05) is 68.4 Å². The summed E-state index contributed by atoms with van der Waals surface area (Å²) in [5.41, 5.74) is 2.55. The fourth-order valence-corrected chi connectivity index (χ4v) is 5.23. The molecule has 0 aromatic heterocycles. The van der Waals surface area contributed by atoms with Crippen LogP contribution in [0, 0.1) is 11.8 Å². The van der Waals surface area contributed by atoms with Gasteiger partial charge in [-0.1, -0.05) is 70.2 Å². The number of nitrogens with one attached hydrogen (secondary N) is 6. The first-order valence-corrected chi connectivity index (χ1v) is 18.2. The maximum atomic E-state index is 13.9. The minimum Gasteiger partial charge on any atom is -0.491 e. The third-order valence-electron chi connectivity index (χ3n) is 8.43. The summed E-state index contributed by atoms with van der Waals surface area (Å²) in [4.78, 5) is 53.1. The number of amides is 6. The lowest BCUT2D eigenvalue weighted by atomic mass is 9.97. The van der Waals surface area contributed by atoms with Crippen LogP contribution >= 0.6 is 0 Å². The Morgan fingerprint density at radius 2 is 1.37 bits per heavy atom. The lowest BCUT2D eigenvalue weighted by Crippen LogP contribution is -2.66. The SMILES string of the molecule is COCCNC(=O)N[C@H](C(=O)NN(Cc1ccc(OCCOC)cc1)C[C@H](CCc1ccccc1)NC(=O)[C@@](O)(NC(=O)NCCOC)C(C)C)C(C)C. The highest BCUT2D eigenvalue weighted by Gasteiger charge is 2.42. The zero-order valence-corrected chi connectivity index (χ0v) is 32.7. The fraction of sp³-hybridized carbons (Fsp3) is 0.579. The van der Waals surface area contributed by atoms with Crippen LogP contribution in [0.1, 0.15) is 45.2 Å². The van der Waals surface area contributed by atoms with Crippen molar-refractivity contribution in [3.05, 3.63) is 65.7 Å². The van der Waals surface area contributed by atoms with Crippen LogP contribution in [0.5, 0.6) is 5.75 Å². The highest BCUT2D eigenvalue weighted by atomic mass is 16.5. The number of nitrogens with zero attached hydrogens (tertiary/aromatic N) is 1. The van der Waals surface area contributed by atoms with Gasteiger partial charge in [0, 0.05) is 59.5 Å². The largest absolute Gasteiger partial charge is 0.491 e. The highest BCUT2D eigenvalue weighted by Crippen LogP contribution is 2.18. The van der Waals surface area contributed by atoms with E-state index in [2.05, 4.69) is 32.0 Å². The molecule has 3 atom stereocenters. The van der Waals surface area contributed by atoms with Gasteiger partial charge in [-0.05, 0) is 42.0 Å². The molecule has 7 N–H and O–H groups in total. The monoisotopic (exact) mass is 759 g/mol. The molecule has 0 aliphatic heterocycles. The molecule has 2 aromatic carbocycles. The van der Waals surface area contributed by atoms with Crippen LogP contribution in [0.2, 0.25) is 0 Å². The van der Waals surface area contributed by atoms with Crippen LogP contribution in [0.15, 0.2) is 54.6 Å². The van der Waals surface area contributed by atoms with Crippen LogP contribution in [-0.2, 0) is 36.8 Å². The predicted molar refractivity (Wildman–Crippen MR) is 204 cm³/mol. The molecule has 0 aliphatic rings. The van der Waals surface area contributed by atoms with Gasteiger partial charge >= 0.3 is 12.1 Å². The lowest BCUT2D eigenvalue weighted by molar-refractivity contribution is -0.148. The summed E-state index contributed by atoms with van der Waals surface area (Å²) in [6, 6.07) is 14.3. The topological polar surface area (TPSA) is 201 Å². The van der Waals surface area contributed by atoms with Crippen molar-refractivity contribution in [1.82, 2.24) is 37.0 Å². The van der Waals surface area contributed by atoms with Gasteiger partial charge in [-0.2, -0.15) is 0 Å². The normalized spacial score (nSPS) is 13.5. The van der Waals surface area contributed by atoms with E-state index < -0.39 is 47.6 Å². The van der Waals surface area contributed by atoms with Gasteiger partial charge in [0.2, 0.25) is 5.72 Å². The number of urea groups is 2. The molecule has 0 bridgehead atoms. The maximum Gasteiger partial charge on any atom is 0.317 e. The van der Waals surface area contributed by atoms with Crippen LogP contribution in [0.4, 0.5) is 9.59 Å². The Morgan fingerprint density at radius 1 is 0.759 bits per heavy atom. The summed E-state index contributed by atoms with van der Waals surface area (Å²) in [6.45, 7) is 9.00. The predicted octanol–water partition coefficient (Wildman–Crippen LogP) is 1.92. The van der Waals surface area contributed by atoms with Crippen molar-refractivity contribution in [2.24, 2.45) is 11.8 Å². The average molecular weight is 760 g/mol. The zero-order chi connectivity index (χ0) is 39.9. The molecule has 0 unspecified atom stereocenters. The van der Waals surface area contributed by atoms with Crippen LogP contribution in [0.3, 0.4) is 0 Å². The Kier molecular flexibility index (Phi) is 20.9. The molecule has 0 spiro atoms. The molecule has 54 heavy (non-hydrogen) atoms. The van der Waals surface area contributed by atoms with Crippen molar-refractivity contribution in [3.63, 3.8) is 0 Å². The molecule has 16 nitrogen and oxygen atoms in total. The Morgan fingerprint density at radius 3 is 1.94 bits per heavy atom. The second-order valence-electron chi connectivity index (χ2n) is 13.4. The minimum absolute atomic E-state index is 0.0927. The summed E-state index contributed by atoms with van der Waals surface area (Å²) >= 11 is 0. The maximum absolute atomic E-state index is 13.9. The van der Waals surface area contributed by atoms with Gasteiger partial charge in [-0.15, -0.1) is 0 Å². The Bertz CT molecular complexity index is 1400. The highest BCUT2D eigenvalue weighted by molar-refractivity contribution is 5.90. The molecule has 302 valence electrons. The van der Waals surface area contributed by atoms with E-state index in [0.29, 0.717) is 38.4 Å². The lowest BCUT2D eigenvalue weighted by Gasteiger charge is -2.35. The van der Waals surface area contributed by atoms with Crippen molar-refractivity contribution in [1.29, 1.82) is 0 Å². The molecule has 2 rings (SSSR count). The summed E-state index contributed by atoms with van der Waals surface area (Å²) in [5, 5.41) is 26.6. The minimum atomic E-state index is -2.27. The Balaban J connectivity index is 2.42. The number of ether oxygens (including phenoxy) is 4. The van der Waals surface area contributed by atoms with Crippen molar-refractivity contribution < 1.29 is 43.2 Å². The van der Waals surface area contributed by atoms with Crippen molar-refractivity contribution in [3.8, 4) is 5.75 Å². The molecule has 6 amide bonds. The van der Waals surface area contributed by atoms with Crippen LogP contribution in [0.25, 0.3) is 0 Å². The molecule has 0 fully saturated rings. The first-order chi connectivity index (χ1) is 25.8. The molecular weight excluding hydrogens is 698 g/mol. The van der Waals surface area contributed by atoms with E-state index in [4.69, 9.17) is 18.9 Å². The number of carbonyl (C=O) groups is 4. The van der Waals surface area contributed by atoms with Gasteiger partial charge in [0.25, 0.3) is 11.8 Å². The van der Waals surface area contributed by atoms with E-state index in [0.717, 1.165) is 11.1 Å². The molecule has 0 saturated carbocycles. The number of benzene rings is 2. The molecule has 0 aliphatic carbocycles. The molecular formula is C38H61N7O9. The number of hydrogen-bond acceptors (Lipinski definition) is 10. The van der Waals surface area contributed by atoms with Gasteiger partial charge < -0.3 is 50.6 Å². The van der Waals surface area contributed by atoms with E-state index in [1.54, 1.807) is 26.0 Å². The first kappa shape index (κ1) is 45.7. The Labute approximate surface area is 319 Å². The number of aliphatic hydroxyl groups is 1. The van der Waals surface area contributed by atoms with Gasteiger partial charge in [-0.25, -0.2) is 14.6 Å². The van der Waals surface area contributed by atoms with Gasteiger partial charge in [0.15, 0.2) is 0 Å². The molecule has 16 heteroatoms. The third kappa shape index (κ3) is 16.7. The van der Waals surface area contributed by atoms with Gasteiger partial charge in [-0.3, -0.25) is 15.0 Å². The summed E-state index contributed by atoms with van der Waals surface area (Å²) in [7, 11) is 4.61. The molecule has 0 saturated heterocycles. The summed E-state index contributed by atoms with van der Waals surface area (Å²) < 4.78 is 20.8. The Hall–Kier alpha value is -4.48. The molecule has 0 heterocycles. The summed E-state index contributed by atoms with van der Waals surface area (Å²) in [5.74, 6) is -1.62. The van der Waals surface area contributed by atoms with Gasteiger partial charge in [0.05, 0.1) is 19.8 Å². The third-order valence-corrected chi connectivity index (χ3v) is 8.43. The number of rotatable bonds is 25. The fourth-order valence-electron chi connectivity index (χ4n) is 5.23. The second-order valence-corrected chi connectivity index (χ2v) is 13.4. The number of hydrazine groups is 1. The molecule has 2 aromatic rings. The van der Waals surface area contributed by atoms with E-state index >= 15 is 0 Å². The average Bonchev–Trinajstić information content (AvgIpc) is 3.13.